The molecule has 3 rings (SSSR count). The Bertz CT molecular complexity index is 553. The van der Waals surface area contributed by atoms with Crippen LogP contribution in [0.1, 0.15) is 66.2 Å². The van der Waals surface area contributed by atoms with Crippen LogP contribution in [0.2, 0.25) is 0 Å². The summed E-state index contributed by atoms with van der Waals surface area (Å²) in [6, 6.07) is 0. The Balaban J connectivity index is 2.15. The molecule has 0 spiro atoms. The molecule has 0 bridgehead atoms. The van der Waals surface area contributed by atoms with Crippen LogP contribution < -0.4 is 0 Å². The van der Waals surface area contributed by atoms with Crippen LogP contribution in [0.5, 0.6) is 0 Å². The van der Waals surface area contributed by atoms with Gasteiger partial charge in [-0.3, -0.25) is 4.79 Å². The van der Waals surface area contributed by atoms with Gasteiger partial charge in [-0.2, -0.15) is 0 Å². The van der Waals surface area contributed by atoms with Crippen LogP contribution in [-0.4, -0.2) is 23.8 Å². The predicted molar refractivity (Wildman–Crippen MR) is 95.3 cm³/mol. The molecule has 3 aliphatic carbocycles. The van der Waals surface area contributed by atoms with E-state index in [0.29, 0.717) is 6.42 Å². The number of aliphatic hydroxyl groups is 1. The monoisotopic (exact) mass is 334 g/mol. The van der Waals surface area contributed by atoms with E-state index in [-0.39, 0.29) is 34.1 Å². The van der Waals surface area contributed by atoms with Crippen LogP contribution in [0, 0.1) is 34.0 Å². The highest BCUT2D eigenvalue weighted by Gasteiger charge is 2.72. The van der Waals surface area contributed by atoms with Crippen LogP contribution in [0.3, 0.4) is 0 Å². The fraction of sp³-hybridized carbons (Fsp3) is 0.857. The topological polar surface area (TPSA) is 46.5 Å². The molecule has 0 heterocycles. The van der Waals surface area contributed by atoms with E-state index in [4.69, 9.17) is 4.74 Å². The smallest absolute Gasteiger partial charge is 0.311 e. The van der Waals surface area contributed by atoms with Crippen LogP contribution in [-0.2, 0) is 9.53 Å². The van der Waals surface area contributed by atoms with Crippen molar-refractivity contribution in [3.63, 3.8) is 0 Å². The van der Waals surface area contributed by atoms with E-state index in [1.807, 2.05) is 6.08 Å². The lowest BCUT2D eigenvalue weighted by molar-refractivity contribution is -0.166. The second-order valence-electron chi connectivity index (χ2n) is 9.94. The summed E-state index contributed by atoms with van der Waals surface area (Å²) < 4.78 is 5.21. The molecular formula is C21H34O3. The normalized spacial score (nSPS) is 49.8. The lowest BCUT2D eigenvalue weighted by Crippen LogP contribution is -2.52. The Kier molecular flexibility index (Phi) is 3.99. The number of rotatable bonds is 2. The first-order chi connectivity index (χ1) is 11.0. The Hall–Kier alpha value is -0.830. The summed E-state index contributed by atoms with van der Waals surface area (Å²) in [7, 11) is 1.46. The van der Waals surface area contributed by atoms with Crippen molar-refractivity contribution in [1.29, 1.82) is 0 Å². The first-order valence-electron chi connectivity index (χ1n) is 9.48. The molecule has 0 saturated heterocycles. The summed E-state index contributed by atoms with van der Waals surface area (Å²) in [4.78, 5) is 12.9. The van der Waals surface area contributed by atoms with Crippen molar-refractivity contribution in [3.05, 3.63) is 12.7 Å². The minimum Gasteiger partial charge on any atom is -0.469 e. The molecule has 3 heteroatoms. The summed E-state index contributed by atoms with van der Waals surface area (Å²) in [6.45, 7) is 13.0. The molecule has 3 aliphatic rings. The molecule has 0 aromatic heterocycles. The van der Waals surface area contributed by atoms with Crippen LogP contribution in [0.4, 0.5) is 0 Å². The standard InChI is InChI=1S/C21H34O3/c1-7-19(4)12-9-14-20(5)11-8-10-18(2,3)16(20)15(17(22)24-6)21(14,23)13-19/h7,14-16,23H,1,8-13H2,2-6H3/t14-,15+,16+,19+,20-,21+/m1/s1. The molecule has 1 N–H and O–H groups in total. The second kappa shape index (κ2) is 5.33. The zero-order valence-electron chi connectivity index (χ0n) is 16.0. The lowest BCUT2D eigenvalue weighted by Gasteiger charge is -2.51. The van der Waals surface area contributed by atoms with E-state index in [1.54, 1.807) is 0 Å². The first kappa shape index (κ1) is 18.0. The van der Waals surface area contributed by atoms with Gasteiger partial charge in [0.05, 0.1) is 18.6 Å². The highest BCUT2D eigenvalue weighted by Crippen LogP contribution is 2.71. The molecule has 0 aromatic carbocycles. The Labute approximate surface area is 146 Å². The van der Waals surface area contributed by atoms with Gasteiger partial charge in [-0.05, 0) is 60.2 Å². The summed E-state index contributed by atoms with van der Waals surface area (Å²) in [5, 5.41) is 11.9. The van der Waals surface area contributed by atoms with Crippen molar-refractivity contribution in [2.45, 2.75) is 71.8 Å². The largest absolute Gasteiger partial charge is 0.469 e. The number of methoxy groups -OCH3 is 1. The van der Waals surface area contributed by atoms with Gasteiger partial charge < -0.3 is 9.84 Å². The van der Waals surface area contributed by atoms with Crippen molar-refractivity contribution in [3.8, 4) is 0 Å². The van der Waals surface area contributed by atoms with Gasteiger partial charge in [0.15, 0.2) is 0 Å². The number of carbonyl (C=O) groups is 1. The van der Waals surface area contributed by atoms with Gasteiger partial charge in [-0.1, -0.05) is 40.2 Å². The molecule has 0 aliphatic heterocycles. The third kappa shape index (κ3) is 2.23. The van der Waals surface area contributed by atoms with E-state index >= 15 is 0 Å². The van der Waals surface area contributed by atoms with Crippen molar-refractivity contribution in [1.82, 2.24) is 0 Å². The zero-order chi connectivity index (χ0) is 18.0. The quantitative estimate of drug-likeness (QED) is 0.603. The van der Waals surface area contributed by atoms with Gasteiger partial charge in [0, 0.05) is 0 Å². The van der Waals surface area contributed by atoms with Crippen molar-refractivity contribution < 1.29 is 14.6 Å². The number of allylic oxidation sites excluding steroid dienone is 1. The fourth-order valence-corrected chi connectivity index (χ4v) is 7.09. The highest BCUT2D eigenvalue weighted by atomic mass is 16.5. The maximum absolute atomic E-state index is 12.9. The van der Waals surface area contributed by atoms with Crippen LogP contribution in [0.15, 0.2) is 12.7 Å². The first-order valence-corrected chi connectivity index (χ1v) is 9.48. The lowest BCUT2D eigenvalue weighted by atomic mass is 9.53. The Morgan fingerprint density at radius 1 is 1.21 bits per heavy atom. The number of hydrogen-bond acceptors (Lipinski definition) is 3. The van der Waals surface area contributed by atoms with Crippen molar-refractivity contribution in [2.24, 2.45) is 34.0 Å². The SMILES string of the molecule is C=C[C@@]1(C)CC[C@@H]2[C@@]3(C)CCCC(C)(C)[C@@H]3[C@@H](C(=O)OC)[C@]2(O)C1. The van der Waals surface area contributed by atoms with Gasteiger partial charge >= 0.3 is 5.97 Å². The van der Waals surface area contributed by atoms with Gasteiger partial charge in [0.25, 0.3) is 0 Å². The summed E-state index contributed by atoms with van der Waals surface area (Å²) in [5.41, 5.74) is -1.03. The van der Waals surface area contributed by atoms with Crippen molar-refractivity contribution in [2.75, 3.05) is 7.11 Å². The molecule has 0 unspecified atom stereocenters. The minimum absolute atomic E-state index is 0.0118. The molecule has 0 amide bonds. The maximum atomic E-state index is 12.9. The number of fused-ring (bicyclic) bond motifs is 3. The van der Waals surface area contributed by atoms with Gasteiger partial charge in [-0.15, -0.1) is 6.58 Å². The highest BCUT2D eigenvalue weighted by molar-refractivity contribution is 5.75. The molecule has 0 radical (unpaired) electrons. The van der Waals surface area contributed by atoms with E-state index in [2.05, 4.69) is 34.3 Å². The molecule has 0 aromatic rings. The zero-order valence-corrected chi connectivity index (χ0v) is 16.0. The third-order valence-corrected chi connectivity index (χ3v) is 8.00. The molecule has 136 valence electrons. The van der Waals surface area contributed by atoms with E-state index in [9.17, 15) is 9.90 Å². The third-order valence-electron chi connectivity index (χ3n) is 8.00. The van der Waals surface area contributed by atoms with Crippen LogP contribution in [0.25, 0.3) is 0 Å². The van der Waals surface area contributed by atoms with Gasteiger partial charge in [0.2, 0.25) is 0 Å². The maximum Gasteiger partial charge on any atom is 0.311 e. The van der Waals surface area contributed by atoms with Gasteiger partial charge in [0.1, 0.15) is 0 Å². The van der Waals surface area contributed by atoms with E-state index in [1.165, 1.54) is 13.5 Å². The molecule has 3 fully saturated rings. The predicted octanol–water partition coefficient (Wildman–Crippen LogP) is 4.35. The Morgan fingerprint density at radius 3 is 2.46 bits per heavy atom. The summed E-state index contributed by atoms with van der Waals surface area (Å²) in [5.74, 6) is -0.299. The number of carbonyl (C=O) groups excluding carboxylic acids is 1. The summed E-state index contributed by atoms with van der Waals surface area (Å²) in [6.07, 6.45) is 8.00. The molecule has 6 atom stereocenters. The molecule has 3 saturated carbocycles. The van der Waals surface area contributed by atoms with Crippen LogP contribution >= 0.6 is 0 Å². The second-order valence-corrected chi connectivity index (χ2v) is 9.94. The average Bonchev–Trinajstić information content (AvgIpc) is 2.70. The number of ether oxygens (including phenoxy) is 1. The summed E-state index contributed by atoms with van der Waals surface area (Å²) >= 11 is 0. The van der Waals surface area contributed by atoms with Crippen molar-refractivity contribution >= 4 is 5.97 Å². The Morgan fingerprint density at radius 2 is 1.88 bits per heavy atom. The van der Waals surface area contributed by atoms with E-state index in [0.717, 1.165) is 25.7 Å². The average molecular weight is 335 g/mol. The number of hydrogen-bond donors (Lipinski definition) is 1. The van der Waals surface area contributed by atoms with E-state index < -0.39 is 11.5 Å². The molecule has 24 heavy (non-hydrogen) atoms. The fourth-order valence-electron chi connectivity index (χ4n) is 7.09. The number of esters is 1. The molecular weight excluding hydrogens is 300 g/mol. The minimum atomic E-state index is -0.977. The van der Waals surface area contributed by atoms with Gasteiger partial charge in [-0.25, -0.2) is 0 Å². The molecule has 3 nitrogen and oxygen atoms in total.